The molecule has 1 aromatic carbocycles. The van der Waals surface area contributed by atoms with E-state index in [2.05, 4.69) is 0 Å². The first-order valence-electron chi connectivity index (χ1n) is 8.59. The summed E-state index contributed by atoms with van der Waals surface area (Å²) in [5.41, 5.74) is -0.774. The molecular weight excluding hydrogens is 352 g/mol. The lowest BCUT2D eigenvalue weighted by molar-refractivity contribution is -0.140. The molecule has 2 aromatic rings. The second kappa shape index (κ2) is 8.98. The first-order chi connectivity index (χ1) is 12.9. The molecule has 0 N–H and O–H groups in total. The van der Waals surface area contributed by atoms with Crippen LogP contribution in [-0.4, -0.2) is 60.9 Å². The van der Waals surface area contributed by atoms with Gasteiger partial charge in [0.05, 0.1) is 6.54 Å². The predicted octanol–water partition coefficient (Wildman–Crippen LogP) is 1.28. The van der Waals surface area contributed by atoms with Crippen LogP contribution >= 0.6 is 0 Å². The zero-order valence-electron chi connectivity index (χ0n) is 15.6. The molecule has 0 atom stereocenters. The molecule has 2 rings (SSSR count). The van der Waals surface area contributed by atoms with E-state index >= 15 is 0 Å². The minimum atomic E-state index is -0.952. The monoisotopic (exact) mass is 374 g/mol. The normalized spacial score (nSPS) is 10.5. The Hall–Kier alpha value is -3.16. The number of ether oxygens (including phenoxy) is 1. The van der Waals surface area contributed by atoms with Crippen molar-refractivity contribution < 1.29 is 23.5 Å². The Balaban J connectivity index is 1.98. The number of carbonyl (C=O) groups excluding carboxylic acids is 3. The molecule has 27 heavy (non-hydrogen) atoms. The van der Waals surface area contributed by atoms with Crippen molar-refractivity contribution in [1.82, 2.24) is 9.80 Å². The maximum atomic E-state index is 12.1. The summed E-state index contributed by atoms with van der Waals surface area (Å²) in [6.45, 7) is 4.09. The molecule has 0 bridgehead atoms. The molecule has 0 saturated carbocycles. The van der Waals surface area contributed by atoms with Gasteiger partial charge in [-0.2, -0.15) is 0 Å². The molecule has 0 aliphatic heterocycles. The third-order valence-corrected chi connectivity index (χ3v) is 4.10. The lowest BCUT2D eigenvalue weighted by Crippen LogP contribution is -2.42. The van der Waals surface area contributed by atoms with Crippen LogP contribution < -0.4 is 5.63 Å². The Labute approximate surface area is 156 Å². The topological polar surface area (TPSA) is 97.1 Å². The maximum absolute atomic E-state index is 12.1. The van der Waals surface area contributed by atoms with E-state index < -0.39 is 24.1 Å². The quantitative estimate of drug-likeness (QED) is 0.535. The first kappa shape index (κ1) is 20.2. The molecule has 0 fully saturated rings. The number of hydrogen-bond donors (Lipinski definition) is 0. The highest BCUT2D eigenvalue weighted by Gasteiger charge is 2.20. The Kier molecular flexibility index (Phi) is 6.70. The van der Waals surface area contributed by atoms with Gasteiger partial charge in [-0.15, -0.1) is 0 Å². The van der Waals surface area contributed by atoms with E-state index in [1.54, 1.807) is 29.2 Å². The zero-order chi connectivity index (χ0) is 20.0. The average Bonchev–Trinajstić information content (AvgIpc) is 2.66. The van der Waals surface area contributed by atoms with E-state index in [4.69, 9.17) is 9.15 Å². The molecule has 0 unspecified atom stereocenters. The number of fused-ring (bicyclic) bond motifs is 1. The third kappa shape index (κ3) is 4.93. The van der Waals surface area contributed by atoms with Crippen LogP contribution in [0.2, 0.25) is 0 Å². The van der Waals surface area contributed by atoms with Crippen LogP contribution in [0.3, 0.4) is 0 Å². The number of amides is 2. The number of benzene rings is 1. The number of hydrogen-bond acceptors (Lipinski definition) is 6. The highest BCUT2D eigenvalue weighted by molar-refractivity contribution is 5.94. The van der Waals surface area contributed by atoms with Crippen molar-refractivity contribution in [3.63, 3.8) is 0 Å². The Morgan fingerprint density at radius 3 is 2.41 bits per heavy atom. The molecule has 144 valence electrons. The summed E-state index contributed by atoms with van der Waals surface area (Å²) in [4.78, 5) is 50.9. The van der Waals surface area contributed by atoms with E-state index in [1.807, 2.05) is 13.8 Å². The van der Waals surface area contributed by atoms with Gasteiger partial charge in [0.1, 0.15) is 11.1 Å². The van der Waals surface area contributed by atoms with Gasteiger partial charge in [0, 0.05) is 25.5 Å². The molecule has 1 aromatic heterocycles. The number of rotatable bonds is 7. The lowest BCUT2D eigenvalue weighted by atomic mass is 10.2. The molecule has 0 spiro atoms. The van der Waals surface area contributed by atoms with Gasteiger partial charge in [-0.3, -0.25) is 9.59 Å². The number of carbonyl (C=O) groups is 3. The van der Waals surface area contributed by atoms with Crippen molar-refractivity contribution in [2.24, 2.45) is 0 Å². The Bertz CT molecular complexity index is 900. The minimum absolute atomic E-state index is 0.115. The van der Waals surface area contributed by atoms with Crippen LogP contribution in [-0.2, 0) is 14.3 Å². The Morgan fingerprint density at radius 2 is 1.74 bits per heavy atom. The van der Waals surface area contributed by atoms with Gasteiger partial charge < -0.3 is 19.0 Å². The average molecular weight is 374 g/mol. The van der Waals surface area contributed by atoms with Crippen molar-refractivity contribution in [1.29, 1.82) is 0 Å². The van der Waals surface area contributed by atoms with Gasteiger partial charge >= 0.3 is 11.6 Å². The first-order valence-corrected chi connectivity index (χ1v) is 8.59. The van der Waals surface area contributed by atoms with E-state index in [0.717, 1.165) is 0 Å². The highest BCUT2D eigenvalue weighted by atomic mass is 16.5. The van der Waals surface area contributed by atoms with E-state index in [0.29, 0.717) is 24.1 Å². The van der Waals surface area contributed by atoms with Crippen molar-refractivity contribution in [3.05, 3.63) is 46.3 Å². The summed E-state index contributed by atoms with van der Waals surface area (Å²) in [6, 6.07) is 8.10. The van der Waals surface area contributed by atoms with E-state index in [9.17, 15) is 19.2 Å². The van der Waals surface area contributed by atoms with Crippen molar-refractivity contribution in [2.45, 2.75) is 13.8 Å². The van der Waals surface area contributed by atoms with E-state index in [1.165, 1.54) is 18.0 Å². The van der Waals surface area contributed by atoms with Crippen molar-refractivity contribution in [3.8, 4) is 0 Å². The second-order valence-electron chi connectivity index (χ2n) is 5.88. The number of nitrogens with zero attached hydrogens (tertiary/aromatic N) is 2. The Morgan fingerprint density at radius 1 is 1.07 bits per heavy atom. The largest absolute Gasteiger partial charge is 0.452 e. The molecular formula is C19H22N2O6. The number of likely N-dealkylation sites (N-methyl/N-ethyl adjacent to an activating group) is 2. The summed E-state index contributed by atoms with van der Waals surface area (Å²) in [5, 5.41) is 0.567. The van der Waals surface area contributed by atoms with Crippen LogP contribution in [0.5, 0.6) is 0 Å². The van der Waals surface area contributed by atoms with Crippen LogP contribution in [0.4, 0.5) is 0 Å². The fourth-order valence-corrected chi connectivity index (χ4v) is 2.49. The fourth-order valence-electron chi connectivity index (χ4n) is 2.49. The van der Waals surface area contributed by atoms with Crippen molar-refractivity contribution in [2.75, 3.05) is 33.3 Å². The fraction of sp³-hybridized carbons (Fsp3) is 0.368. The van der Waals surface area contributed by atoms with Gasteiger partial charge in [-0.25, -0.2) is 9.59 Å². The molecule has 0 radical (unpaired) electrons. The summed E-state index contributed by atoms with van der Waals surface area (Å²) in [6.07, 6.45) is 0. The van der Waals surface area contributed by atoms with Crippen LogP contribution in [0, 0.1) is 0 Å². The zero-order valence-corrected chi connectivity index (χ0v) is 15.6. The van der Waals surface area contributed by atoms with Crippen molar-refractivity contribution >= 4 is 28.8 Å². The molecule has 2 amide bonds. The second-order valence-corrected chi connectivity index (χ2v) is 5.88. The minimum Gasteiger partial charge on any atom is -0.452 e. The summed E-state index contributed by atoms with van der Waals surface area (Å²) < 4.78 is 9.99. The summed E-state index contributed by atoms with van der Waals surface area (Å²) in [7, 11) is 1.45. The molecule has 8 nitrogen and oxygen atoms in total. The van der Waals surface area contributed by atoms with E-state index in [-0.39, 0.29) is 18.0 Å². The molecule has 0 saturated heterocycles. The summed E-state index contributed by atoms with van der Waals surface area (Å²) >= 11 is 0. The SMILES string of the molecule is CCN(CC)C(=O)CN(C)C(=O)COC(=O)c1cc2ccccc2oc1=O. The van der Waals surface area contributed by atoms with Crippen LogP contribution in [0.25, 0.3) is 11.0 Å². The van der Waals surface area contributed by atoms with Gasteiger partial charge in [-0.1, -0.05) is 18.2 Å². The molecule has 0 aliphatic rings. The van der Waals surface area contributed by atoms with Gasteiger partial charge in [0.15, 0.2) is 6.61 Å². The van der Waals surface area contributed by atoms with Crippen LogP contribution in [0.15, 0.2) is 39.5 Å². The lowest BCUT2D eigenvalue weighted by Gasteiger charge is -2.23. The summed E-state index contributed by atoms with van der Waals surface area (Å²) in [5.74, 6) is -1.70. The standard InChI is InChI=1S/C19H22N2O6/c1-4-21(5-2)16(22)11-20(3)17(23)12-26-18(24)14-10-13-8-6-7-9-15(13)27-19(14)25/h6-10H,4-5,11-12H2,1-3H3. The third-order valence-electron chi connectivity index (χ3n) is 4.10. The predicted molar refractivity (Wildman–Crippen MR) is 98.3 cm³/mol. The van der Waals surface area contributed by atoms with Gasteiger partial charge in [0.25, 0.3) is 5.91 Å². The number of para-hydroxylation sites is 1. The highest BCUT2D eigenvalue weighted by Crippen LogP contribution is 2.13. The number of esters is 1. The molecule has 1 heterocycles. The maximum Gasteiger partial charge on any atom is 0.351 e. The molecule has 0 aliphatic carbocycles. The smallest absolute Gasteiger partial charge is 0.351 e. The van der Waals surface area contributed by atoms with Gasteiger partial charge in [0.2, 0.25) is 5.91 Å². The van der Waals surface area contributed by atoms with Gasteiger partial charge in [-0.05, 0) is 26.0 Å². The van der Waals surface area contributed by atoms with Crippen LogP contribution in [0.1, 0.15) is 24.2 Å². The molecule has 8 heteroatoms.